The van der Waals surface area contributed by atoms with E-state index in [4.69, 9.17) is 5.11 Å². The summed E-state index contributed by atoms with van der Waals surface area (Å²) in [5.41, 5.74) is 4.17. The minimum absolute atomic E-state index is 0.0117. The Morgan fingerprint density at radius 2 is 1.82 bits per heavy atom. The van der Waals surface area contributed by atoms with Crippen molar-refractivity contribution in [1.29, 1.82) is 0 Å². The molecule has 0 bridgehead atoms. The van der Waals surface area contributed by atoms with Crippen molar-refractivity contribution in [2.24, 2.45) is 5.92 Å². The zero-order chi connectivity index (χ0) is 19.7. The molecular formula is C22H22N2O4. The first-order valence-electron chi connectivity index (χ1n) is 9.45. The van der Waals surface area contributed by atoms with Gasteiger partial charge in [0.25, 0.3) is 0 Å². The van der Waals surface area contributed by atoms with E-state index in [0.717, 1.165) is 24.8 Å². The number of carbonyl (C=O) groups excluding carboxylic acids is 2. The SMILES string of the molecule is O=C(O)CNC(=O)Cc1ccc(NC(=O)C2CC23CCc2ccccc23)cc1. The number of anilines is 1. The van der Waals surface area contributed by atoms with Crippen molar-refractivity contribution in [3.05, 3.63) is 65.2 Å². The van der Waals surface area contributed by atoms with E-state index in [1.54, 1.807) is 24.3 Å². The van der Waals surface area contributed by atoms with E-state index in [0.29, 0.717) is 5.69 Å². The molecule has 0 aliphatic heterocycles. The smallest absolute Gasteiger partial charge is 0.322 e. The van der Waals surface area contributed by atoms with Gasteiger partial charge in [-0.25, -0.2) is 0 Å². The van der Waals surface area contributed by atoms with Crippen molar-refractivity contribution >= 4 is 23.5 Å². The molecule has 0 heterocycles. The molecule has 0 radical (unpaired) electrons. The molecule has 2 aromatic rings. The molecule has 2 amide bonds. The molecule has 2 aliphatic rings. The van der Waals surface area contributed by atoms with Gasteiger partial charge in [-0.05, 0) is 48.1 Å². The highest BCUT2D eigenvalue weighted by Gasteiger charge is 2.61. The standard InChI is InChI=1S/C22H22N2O4/c25-19(23-13-20(26)27)11-14-5-7-16(8-6-14)24-21(28)18-12-22(18)10-9-15-3-1-2-4-17(15)22/h1-8,18H,9-13H2,(H,23,25)(H,24,28)(H,26,27). The van der Waals surface area contributed by atoms with Crippen molar-refractivity contribution in [3.63, 3.8) is 0 Å². The number of carboxylic acids is 1. The van der Waals surface area contributed by atoms with Crippen LogP contribution in [0.25, 0.3) is 0 Å². The molecule has 0 aromatic heterocycles. The van der Waals surface area contributed by atoms with E-state index in [-0.39, 0.29) is 36.1 Å². The van der Waals surface area contributed by atoms with Crippen LogP contribution in [0.4, 0.5) is 5.69 Å². The first kappa shape index (κ1) is 18.2. The van der Waals surface area contributed by atoms with E-state index >= 15 is 0 Å². The zero-order valence-corrected chi connectivity index (χ0v) is 15.4. The van der Waals surface area contributed by atoms with Crippen LogP contribution in [0.3, 0.4) is 0 Å². The number of nitrogens with one attached hydrogen (secondary N) is 2. The summed E-state index contributed by atoms with van der Waals surface area (Å²) in [5, 5.41) is 13.9. The number of carbonyl (C=O) groups is 3. The number of fused-ring (bicyclic) bond motifs is 2. The van der Waals surface area contributed by atoms with Crippen LogP contribution in [0.5, 0.6) is 0 Å². The van der Waals surface area contributed by atoms with Crippen LogP contribution in [0, 0.1) is 5.92 Å². The van der Waals surface area contributed by atoms with E-state index in [1.165, 1.54) is 11.1 Å². The molecule has 1 saturated carbocycles. The van der Waals surface area contributed by atoms with E-state index in [9.17, 15) is 14.4 Å². The molecule has 0 saturated heterocycles. The van der Waals surface area contributed by atoms with Crippen LogP contribution in [-0.2, 0) is 32.6 Å². The van der Waals surface area contributed by atoms with Gasteiger partial charge >= 0.3 is 5.97 Å². The number of rotatable bonds is 6. The van der Waals surface area contributed by atoms with E-state index in [1.807, 2.05) is 6.07 Å². The largest absolute Gasteiger partial charge is 0.480 e. The molecule has 3 N–H and O–H groups in total. The van der Waals surface area contributed by atoms with Gasteiger partial charge in [0.1, 0.15) is 6.54 Å². The van der Waals surface area contributed by atoms with Crippen LogP contribution in [0.2, 0.25) is 0 Å². The van der Waals surface area contributed by atoms with Gasteiger partial charge in [-0.15, -0.1) is 0 Å². The van der Waals surface area contributed by atoms with Crippen LogP contribution >= 0.6 is 0 Å². The van der Waals surface area contributed by atoms with E-state index < -0.39 is 5.97 Å². The maximum Gasteiger partial charge on any atom is 0.322 e. The molecule has 6 nitrogen and oxygen atoms in total. The Bertz CT molecular complexity index is 938. The second kappa shape index (κ2) is 7.11. The lowest BCUT2D eigenvalue weighted by Gasteiger charge is -2.12. The number of amides is 2. The van der Waals surface area contributed by atoms with Crippen LogP contribution < -0.4 is 10.6 Å². The lowest BCUT2D eigenvalue weighted by atomic mass is 9.95. The highest BCUT2D eigenvalue weighted by atomic mass is 16.4. The molecule has 1 fully saturated rings. The van der Waals surface area contributed by atoms with Crippen molar-refractivity contribution in [2.45, 2.75) is 31.1 Å². The summed E-state index contributed by atoms with van der Waals surface area (Å²) in [5.74, 6) is -1.37. The average molecular weight is 378 g/mol. The summed E-state index contributed by atoms with van der Waals surface area (Å²) in [6.07, 6.45) is 3.08. The van der Waals surface area contributed by atoms with Gasteiger partial charge in [0.05, 0.1) is 6.42 Å². The van der Waals surface area contributed by atoms with Gasteiger partial charge in [0.15, 0.2) is 0 Å². The number of hydrogen-bond acceptors (Lipinski definition) is 3. The summed E-state index contributed by atoms with van der Waals surface area (Å²) in [6.45, 7) is -0.390. The molecule has 2 aromatic carbocycles. The van der Waals surface area contributed by atoms with Gasteiger partial charge in [-0.2, -0.15) is 0 Å². The Balaban J connectivity index is 1.34. The van der Waals surface area contributed by atoms with Crippen LogP contribution in [0.15, 0.2) is 48.5 Å². The Morgan fingerprint density at radius 3 is 2.57 bits per heavy atom. The summed E-state index contributed by atoms with van der Waals surface area (Å²) in [4.78, 5) is 34.9. The van der Waals surface area contributed by atoms with Crippen molar-refractivity contribution < 1.29 is 19.5 Å². The molecule has 6 heteroatoms. The van der Waals surface area contributed by atoms with Crippen molar-refractivity contribution in [3.8, 4) is 0 Å². The topological polar surface area (TPSA) is 95.5 Å². The molecule has 1 spiro atoms. The minimum Gasteiger partial charge on any atom is -0.480 e. The molecular weight excluding hydrogens is 356 g/mol. The lowest BCUT2D eigenvalue weighted by molar-refractivity contribution is -0.137. The minimum atomic E-state index is -1.07. The second-order valence-electron chi connectivity index (χ2n) is 7.60. The highest BCUT2D eigenvalue weighted by molar-refractivity contribution is 5.96. The Morgan fingerprint density at radius 1 is 1.07 bits per heavy atom. The third-order valence-electron chi connectivity index (χ3n) is 5.81. The number of carboxylic acid groups (broad SMARTS) is 1. The Kier molecular flexibility index (Phi) is 4.63. The summed E-state index contributed by atoms with van der Waals surface area (Å²) in [6, 6.07) is 15.5. The quantitative estimate of drug-likeness (QED) is 0.719. The predicted octanol–water partition coefficient (Wildman–Crippen LogP) is 2.27. The zero-order valence-electron chi connectivity index (χ0n) is 15.4. The third kappa shape index (κ3) is 3.50. The van der Waals surface area contributed by atoms with Crippen LogP contribution in [0.1, 0.15) is 29.5 Å². The Labute approximate surface area is 163 Å². The predicted molar refractivity (Wildman–Crippen MR) is 104 cm³/mol. The fourth-order valence-corrected chi connectivity index (χ4v) is 4.30. The third-order valence-corrected chi connectivity index (χ3v) is 5.81. The summed E-state index contributed by atoms with van der Waals surface area (Å²) >= 11 is 0. The Hall–Kier alpha value is -3.15. The molecule has 4 rings (SSSR count). The highest BCUT2D eigenvalue weighted by Crippen LogP contribution is 2.61. The number of hydrogen-bond donors (Lipinski definition) is 3. The van der Waals surface area contributed by atoms with Crippen molar-refractivity contribution in [2.75, 3.05) is 11.9 Å². The molecule has 2 unspecified atom stereocenters. The van der Waals surface area contributed by atoms with Gasteiger partial charge in [0, 0.05) is 17.0 Å². The lowest BCUT2D eigenvalue weighted by Crippen LogP contribution is -2.30. The van der Waals surface area contributed by atoms with Gasteiger partial charge < -0.3 is 15.7 Å². The molecule has 144 valence electrons. The number of benzene rings is 2. The summed E-state index contributed by atoms with van der Waals surface area (Å²) < 4.78 is 0. The molecule has 2 atom stereocenters. The number of aliphatic carboxylic acids is 1. The first-order valence-corrected chi connectivity index (χ1v) is 9.45. The molecule has 2 aliphatic carbocycles. The van der Waals surface area contributed by atoms with Gasteiger partial charge in [0.2, 0.25) is 11.8 Å². The normalized spacial score (nSPS) is 21.8. The molecule has 28 heavy (non-hydrogen) atoms. The number of aryl methyl sites for hydroxylation is 1. The maximum atomic E-state index is 12.7. The maximum absolute atomic E-state index is 12.7. The fourth-order valence-electron chi connectivity index (χ4n) is 4.30. The monoisotopic (exact) mass is 378 g/mol. The van der Waals surface area contributed by atoms with Crippen LogP contribution in [-0.4, -0.2) is 29.4 Å². The van der Waals surface area contributed by atoms with Crippen molar-refractivity contribution in [1.82, 2.24) is 5.32 Å². The summed E-state index contributed by atoms with van der Waals surface area (Å²) in [7, 11) is 0. The average Bonchev–Trinajstić information content (AvgIpc) is 3.31. The van der Waals surface area contributed by atoms with E-state index in [2.05, 4.69) is 28.8 Å². The first-order chi connectivity index (χ1) is 13.5. The van der Waals surface area contributed by atoms with Gasteiger partial charge in [-0.1, -0.05) is 36.4 Å². The fraction of sp³-hybridized carbons (Fsp3) is 0.318. The van der Waals surface area contributed by atoms with Gasteiger partial charge in [-0.3, -0.25) is 14.4 Å². The second-order valence-corrected chi connectivity index (χ2v) is 7.60.